The minimum absolute atomic E-state index is 0.181. The van der Waals surface area contributed by atoms with E-state index in [4.69, 9.17) is 22.6 Å². The Labute approximate surface area is 89.6 Å². The zero-order valence-corrected chi connectivity index (χ0v) is 9.19. The maximum absolute atomic E-state index is 11.0. The van der Waals surface area contributed by atoms with Crippen LogP contribution in [-0.2, 0) is 33.9 Å². The first kappa shape index (κ1) is 10.1. The highest BCUT2D eigenvalue weighted by Gasteiger charge is 2.56. The molecule has 15 heavy (non-hydrogen) atoms. The van der Waals surface area contributed by atoms with E-state index in [-0.39, 0.29) is 12.2 Å². The van der Waals surface area contributed by atoms with Crippen LogP contribution in [0.1, 0.15) is 13.8 Å². The van der Waals surface area contributed by atoms with E-state index in [1.165, 1.54) is 0 Å². The highest BCUT2D eigenvalue weighted by atomic mass is 32.2. The lowest BCUT2D eigenvalue weighted by Gasteiger charge is -2.29. The molecule has 5 atom stereocenters. The molecule has 86 valence electrons. The van der Waals surface area contributed by atoms with E-state index in [1.54, 1.807) is 0 Å². The van der Waals surface area contributed by atoms with Gasteiger partial charge in [-0.25, -0.2) is 4.18 Å². The predicted molar refractivity (Wildman–Crippen MR) is 47.7 cm³/mol. The van der Waals surface area contributed by atoms with Crippen LogP contribution in [0.2, 0.25) is 0 Å². The zero-order valence-electron chi connectivity index (χ0n) is 8.37. The highest BCUT2D eigenvalue weighted by molar-refractivity contribution is 7.75. The first-order valence-corrected chi connectivity index (χ1v) is 5.78. The van der Waals surface area contributed by atoms with Crippen LogP contribution in [-0.4, -0.2) is 41.2 Å². The second-order valence-electron chi connectivity index (χ2n) is 4.20. The van der Waals surface area contributed by atoms with E-state index in [9.17, 15) is 4.21 Å². The third kappa shape index (κ3) is 1.63. The molecule has 3 aliphatic rings. The molecule has 3 fully saturated rings. The quantitative estimate of drug-likeness (QED) is 0.583. The van der Waals surface area contributed by atoms with Crippen molar-refractivity contribution in [2.45, 2.75) is 44.2 Å². The minimum atomic E-state index is -1.74. The number of rotatable bonds is 0. The molecule has 3 saturated heterocycles. The van der Waals surface area contributed by atoms with Gasteiger partial charge in [-0.1, -0.05) is 0 Å². The van der Waals surface area contributed by atoms with E-state index in [0.29, 0.717) is 6.61 Å². The van der Waals surface area contributed by atoms with Crippen LogP contribution in [0, 0.1) is 0 Å². The summed E-state index contributed by atoms with van der Waals surface area (Å²) in [5.41, 5.74) is 0. The van der Waals surface area contributed by atoms with Gasteiger partial charge in [0.2, 0.25) is 6.29 Å². The number of ether oxygens (including phenoxy) is 3. The number of hydrogen-bond acceptors (Lipinski definition) is 6. The minimum Gasteiger partial charge on any atom is -0.346 e. The molecular formula is C8H12O6S. The molecule has 0 spiro atoms. The third-order valence-electron chi connectivity index (χ3n) is 2.60. The summed E-state index contributed by atoms with van der Waals surface area (Å²) in [7, 11) is 0. The van der Waals surface area contributed by atoms with Gasteiger partial charge in [-0.15, -0.1) is 0 Å². The fraction of sp³-hybridized carbons (Fsp3) is 1.00. The van der Waals surface area contributed by atoms with E-state index >= 15 is 0 Å². The van der Waals surface area contributed by atoms with E-state index < -0.39 is 29.5 Å². The molecule has 0 aliphatic carbocycles. The van der Waals surface area contributed by atoms with Gasteiger partial charge in [-0.3, -0.25) is 4.18 Å². The van der Waals surface area contributed by atoms with E-state index in [0.717, 1.165) is 0 Å². The molecule has 0 radical (unpaired) electrons. The summed E-state index contributed by atoms with van der Waals surface area (Å²) in [6.45, 7) is 4.02. The molecule has 0 aromatic rings. The molecule has 3 aliphatic heterocycles. The molecular weight excluding hydrogens is 224 g/mol. The van der Waals surface area contributed by atoms with Crippen LogP contribution >= 0.6 is 0 Å². The van der Waals surface area contributed by atoms with Crippen LogP contribution < -0.4 is 0 Å². The highest BCUT2D eigenvalue weighted by Crippen LogP contribution is 2.38. The van der Waals surface area contributed by atoms with Gasteiger partial charge in [0.1, 0.15) is 12.2 Å². The Morgan fingerprint density at radius 1 is 1.20 bits per heavy atom. The zero-order chi connectivity index (χ0) is 10.6. The molecule has 7 heteroatoms. The van der Waals surface area contributed by atoms with Crippen molar-refractivity contribution >= 4 is 11.4 Å². The number of fused-ring (bicyclic) bond motifs is 3. The van der Waals surface area contributed by atoms with Crippen LogP contribution in [0.5, 0.6) is 0 Å². The first-order valence-electron chi connectivity index (χ1n) is 4.78. The van der Waals surface area contributed by atoms with Gasteiger partial charge >= 0.3 is 11.4 Å². The summed E-state index contributed by atoms with van der Waals surface area (Å²) in [6, 6.07) is 0. The smallest absolute Gasteiger partial charge is 0.307 e. The summed E-state index contributed by atoms with van der Waals surface area (Å²) in [5.74, 6) is -0.652. The largest absolute Gasteiger partial charge is 0.346 e. The predicted octanol–water partition coefficient (Wildman–Crippen LogP) is -0.143. The van der Waals surface area contributed by atoms with Crippen molar-refractivity contribution in [1.29, 1.82) is 0 Å². The lowest BCUT2D eigenvalue weighted by atomic mass is 10.1. The van der Waals surface area contributed by atoms with Gasteiger partial charge in [0.05, 0.1) is 6.61 Å². The molecule has 0 aromatic carbocycles. The molecule has 0 bridgehead atoms. The maximum atomic E-state index is 11.0. The molecule has 0 amide bonds. The lowest BCUT2D eigenvalue weighted by Crippen LogP contribution is -2.49. The summed E-state index contributed by atoms with van der Waals surface area (Å²) in [5, 5.41) is 0. The van der Waals surface area contributed by atoms with Gasteiger partial charge in [-0.05, 0) is 13.8 Å². The van der Waals surface area contributed by atoms with Crippen molar-refractivity contribution < 1.29 is 26.8 Å². The van der Waals surface area contributed by atoms with Gasteiger partial charge < -0.3 is 14.2 Å². The Hall–Kier alpha value is -0.0500. The van der Waals surface area contributed by atoms with Crippen molar-refractivity contribution in [1.82, 2.24) is 0 Å². The third-order valence-corrected chi connectivity index (χ3v) is 3.33. The average Bonchev–Trinajstić information content (AvgIpc) is 2.62. The van der Waals surface area contributed by atoms with Crippen LogP contribution in [0.3, 0.4) is 0 Å². The standard InChI is InChI=1S/C8H12O6S/c1-8(2)11-4-3-10-7-6(5(4)12-8)13-15(9)14-7/h4-7H,3H2,1-2H3/t4-,5-,6?,7?,15?/m1/s1. The molecule has 3 rings (SSSR count). The van der Waals surface area contributed by atoms with Crippen molar-refractivity contribution in [2.24, 2.45) is 0 Å². The lowest BCUT2D eigenvalue weighted by molar-refractivity contribution is -0.177. The molecule has 3 unspecified atom stereocenters. The van der Waals surface area contributed by atoms with Crippen molar-refractivity contribution in [2.75, 3.05) is 6.61 Å². The van der Waals surface area contributed by atoms with Crippen LogP contribution in [0.25, 0.3) is 0 Å². The van der Waals surface area contributed by atoms with Gasteiger partial charge in [0.15, 0.2) is 11.9 Å². The Morgan fingerprint density at radius 2 is 2.00 bits per heavy atom. The second kappa shape index (κ2) is 3.22. The van der Waals surface area contributed by atoms with Gasteiger partial charge in [0, 0.05) is 0 Å². The molecule has 6 nitrogen and oxygen atoms in total. The SMILES string of the molecule is CC1(C)O[C@@H]2COC3OS(=O)OC3[C@@H]2O1. The van der Waals surface area contributed by atoms with Crippen molar-refractivity contribution in [3.05, 3.63) is 0 Å². The number of hydrogen-bond donors (Lipinski definition) is 0. The molecule has 0 saturated carbocycles. The fourth-order valence-electron chi connectivity index (χ4n) is 2.08. The Kier molecular flexibility index (Phi) is 2.17. The first-order chi connectivity index (χ1) is 7.05. The van der Waals surface area contributed by atoms with Crippen molar-refractivity contribution in [3.63, 3.8) is 0 Å². The summed E-state index contributed by atoms with van der Waals surface area (Å²) >= 11 is -1.74. The maximum Gasteiger partial charge on any atom is 0.307 e. The van der Waals surface area contributed by atoms with Crippen molar-refractivity contribution in [3.8, 4) is 0 Å². The monoisotopic (exact) mass is 236 g/mol. The summed E-state index contributed by atoms with van der Waals surface area (Å²) < 4.78 is 37.7. The topological polar surface area (TPSA) is 63.2 Å². The normalized spacial score (nSPS) is 52.5. The molecule has 0 aromatic heterocycles. The molecule has 0 N–H and O–H groups in total. The average molecular weight is 236 g/mol. The summed E-state index contributed by atoms with van der Waals surface area (Å²) in [4.78, 5) is 0. The fourth-order valence-corrected chi connectivity index (χ4v) is 2.83. The Morgan fingerprint density at radius 3 is 2.80 bits per heavy atom. The summed E-state index contributed by atoms with van der Waals surface area (Å²) in [6.07, 6.45) is -1.53. The van der Waals surface area contributed by atoms with Crippen LogP contribution in [0.4, 0.5) is 0 Å². The Balaban J connectivity index is 1.82. The van der Waals surface area contributed by atoms with E-state index in [1.807, 2.05) is 13.8 Å². The molecule has 3 heterocycles. The van der Waals surface area contributed by atoms with Gasteiger partial charge in [-0.2, -0.15) is 4.21 Å². The second-order valence-corrected chi connectivity index (χ2v) is 4.99. The van der Waals surface area contributed by atoms with Gasteiger partial charge in [0.25, 0.3) is 0 Å². The van der Waals surface area contributed by atoms with E-state index in [2.05, 4.69) is 0 Å². The Bertz CT molecular complexity index is 306. The van der Waals surface area contributed by atoms with Crippen LogP contribution in [0.15, 0.2) is 0 Å².